The molecule has 1 amide bonds. The van der Waals surface area contributed by atoms with E-state index in [0.717, 1.165) is 31.7 Å². The van der Waals surface area contributed by atoms with E-state index in [4.69, 9.17) is 23.1 Å². The molecule has 2 atom stereocenters. The van der Waals surface area contributed by atoms with Crippen molar-refractivity contribution in [2.45, 2.75) is 42.7 Å². The number of halogens is 2. The molecule has 0 saturated heterocycles. The fourth-order valence-electron chi connectivity index (χ4n) is 4.65. The minimum absolute atomic E-state index is 0.0394. The van der Waals surface area contributed by atoms with Crippen LogP contribution in [0.3, 0.4) is 0 Å². The van der Waals surface area contributed by atoms with Crippen LogP contribution in [0.1, 0.15) is 36.0 Å². The molecule has 0 spiro atoms. The summed E-state index contributed by atoms with van der Waals surface area (Å²) in [7, 11) is -3.90. The molecule has 1 aliphatic carbocycles. The first-order chi connectivity index (χ1) is 19.1. The fraction of sp³-hybridized carbons (Fsp3) is 0.222. The van der Waals surface area contributed by atoms with Crippen LogP contribution in [0.15, 0.2) is 65.7 Å². The number of hydrogen-bond donors (Lipinski definition) is 5. The van der Waals surface area contributed by atoms with Gasteiger partial charge in [-0.25, -0.2) is 17.8 Å². The summed E-state index contributed by atoms with van der Waals surface area (Å²) in [6, 6.07) is 13.2. The van der Waals surface area contributed by atoms with E-state index in [-0.39, 0.29) is 39.9 Å². The molecule has 5 rings (SSSR count). The molecule has 0 aliphatic heterocycles. The van der Waals surface area contributed by atoms with Gasteiger partial charge in [0, 0.05) is 22.5 Å². The zero-order valence-electron chi connectivity index (χ0n) is 21.2. The summed E-state index contributed by atoms with van der Waals surface area (Å²) in [6.07, 6.45) is 5.04. The number of nitrogens with zero attached hydrogens (tertiary/aromatic N) is 2. The predicted molar refractivity (Wildman–Crippen MR) is 154 cm³/mol. The maximum atomic E-state index is 14.9. The van der Waals surface area contributed by atoms with Gasteiger partial charge in [-0.3, -0.25) is 14.5 Å². The number of nitrogens with one attached hydrogen (secondary N) is 3. The largest absolute Gasteiger partial charge is 0.365 e. The average Bonchev–Trinajstić information content (AvgIpc) is 2.91. The first kappa shape index (κ1) is 27.6. The molecule has 1 aliphatic rings. The Hall–Kier alpha value is -4.00. The zero-order chi connectivity index (χ0) is 28.4. The Labute approximate surface area is 235 Å². The van der Waals surface area contributed by atoms with Crippen LogP contribution in [-0.4, -0.2) is 36.4 Å². The molecule has 0 radical (unpaired) electrons. The van der Waals surface area contributed by atoms with E-state index in [9.17, 15) is 17.6 Å². The molecule has 1 unspecified atom stereocenters. The number of primary amides is 1. The molecule has 2 aromatic carbocycles. The number of nitrogens with two attached hydrogens (primary N) is 2. The van der Waals surface area contributed by atoms with Crippen molar-refractivity contribution in [2.75, 3.05) is 15.4 Å². The highest BCUT2D eigenvalue weighted by atomic mass is 35.5. The Bertz CT molecular complexity index is 1690. The summed E-state index contributed by atoms with van der Waals surface area (Å²) >= 11 is 5.88. The van der Waals surface area contributed by atoms with Gasteiger partial charge < -0.3 is 22.1 Å². The lowest BCUT2D eigenvalue weighted by Crippen LogP contribution is -2.43. The van der Waals surface area contributed by atoms with Crippen LogP contribution in [-0.2, 0) is 10.0 Å². The lowest BCUT2D eigenvalue weighted by molar-refractivity contribution is 0.100. The molecule has 1 fully saturated rings. The Morgan fingerprint density at radius 2 is 1.80 bits per heavy atom. The van der Waals surface area contributed by atoms with E-state index >= 15 is 0 Å². The molecule has 2 aromatic heterocycles. The maximum Gasteiger partial charge on any atom is 0.261 e. The van der Waals surface area contributed by atoms with Crippen molar-refractivity contribution < 1.29 is 17.6 Å². The third-order valence-corrected chi connectivity index (χ3v) is 8.36. The molecule has 40 heavy (non-hydrogen) atoms. The maximum absolute atomic E-state index is 14.9. The number of benzene rings is 2. The summed E-state index contributed by atoms with van der Waals surface area (Å²) in [4.78, 5) is 20.9. The van der Waals surface area contributed by atoms with Crippen LogP contribution in [0, 0.1) is 5.82 Å². The van der Waals surface area contributed by atoms with Crippen molar-refractivity contribution in [3.8, 4) is 0 Å². The highest BCUT2D eigenvalue weighted by molar-refractivity contribution is 7.92. The van der Waals surface area contributed by atoms with Gasteiger partial charge in [-0.15, -0.1) is 0 Å². The van der Waals surface area contributed by atoms with Crippen LogP contribution in [0.2, 0.25) is 5.02 Å². The lowest BCUT2D eigenvalue weighted by Gasteiger charge is -2.30. The molecular formula is C27H27ClFN7O3S. The fourth-order valence-corrected chi connectivity index (χ4v) is 5.85. The average molecular weight is 584 g/mol. The molecule has 0 bridgehead atoms. The Kier molecular flexibility index (Phi) is 7.74. The van der Waals surface area contributed by atoms with Crippen LogP contribution in [0.5, 0.6) is 0 Å². The predicted octanol–water partition coefficient (Wildman–Crippen LogP) is 4.75. The summed E-state index contributed by atoms with van der Waals surface area (Å²) in [5, 5.41) is 7.08. The number of hydrogen-bond acceptors (Lipinski definition) is 8. The number of carbonyl (C=O) groups is 1. The monoisotopic (exact) mass is 583 g/mol. The van der Waals surface area contributed by atoms with Crippen LogP contribution >= 0.6 is 11.6 Å². The number of para-hydroxylation sites is 1. The molecule has 7 N–H and O–H groups in total. The topological polar surface area (TPSA) is 165 Å². The Balaban J connectivity index is 1.44. The van der Waals surface area contributed by atoms with E-state index in [1.807, 2.05) is 0 Å². The van der Waals surface area contributed by atoms with Gasteiger partial charge in [0.15, 0.2) is 11.6 Å². The molecular weight excluding hydrogens is 557 g/mol. The molecule has 4 aromatic rings. The summed E-state index contributed by atoms with van der Waals surface area (Å²) < 4.78 is 43.2. The smallest absolute Gasteiger partial charge is 0.261 e. The first-order valence-electron chi connectivity index (χ1n) is 12.6. The number of fused-ring (bicyclic) bond motifs is 1. The Morgan fingerprint density at radius 1 is 1.05 bits per heavy atom. The van der Waals surface area contributed by atoms with Crippen LogP contribution in [0.4, 0.5) is 27.4 Å². The van der Waals surface area contributed by atoms with Gasteiger partial charge in [-0.1, -0.05) is 36.6 Å². The van der Waals surface area contributed by atoms with Gasteiger partial charge in [-0.05, 0) is 55.3 Å². The third-order valence-electron chi connectivity index (χ3n) is 6.72. The Morgan fingerprint density at radius 3 is 2.52 bits per heavy atom. The summed E-state index contributed by atoms with van der Waals surface area (Å²) in [6.45, 7) is 0. The van der Waals surface area contributed by atoms with Gasteiger partial charge >= 0.3 is 0 Å². The van der Waals surface area contributed by atoms with E-state index in [0.29, 0.717) is 21.6 Å². The van der Waals surface area contributed by atoms with Gasteiger partial charge in [0.1, 0.15) is 5.82 Å². The van der Waals surface area contributed by atoms with Gasteiger partial charge in [-0.2, -0.15) is 0 Å². The second-order valence-corrected chi connectivity index (χ2v) is 11.7. The van der Waals surface area contributed by atoms with Crippen molar-refractivity contribution in [3.63, 3.8) is 0 Å². The highest BCUT2D eigenvalue weighted by Gasteiger charge is 2.25. The number of carbonyl (C=O) groups excluding carboxylic acids is 1. The quantitative estimate of drug-likeness (QED) is 0.198. The van der Waals surface area contributed by atoms with Gasteiger partial charge in [0.25, 0.3) is 15.9 Å². The molecule has 1 saturated carbocycles. The normalized spacial score (nSPS) is 17.4. The number of sulfonamides is 1. The minimum atomic E-state index is -3.90. The highest BCUT2D eigenvalue weighted by Crippen LogP contribution is 2.30. The second-order valence-electron chi connectivity index (χ2n) is 9.56. The molecule has 10 nitrogen and oxygen atoms in total. The van der Waals surface area contributed by atoms with Crippen molar-refractivity contribution in [3.05, 3.63) is 77.2 Å². The number of pyridine rings is 2. The molecule has 208 valence electrons. The lowest BCUT2D eigenvalue weighted by atomic mass is 9.91. The summed E-state index contributed by atoms with van der Waals surface area (Å²) in [5.74, 6) is -1.57. The standard InChI is InChI=1S/C27H27ClFN7O3S/c28-16-8-10-18(11-9-16)40(38,39)36-23-7-3-4-15-12-17(14-32-24(15)23)33-26-19(25(31)37)13-20(29)27(35-26)34-22-6-2-1-5-21(22)30/h3-4,7-14,21-22,36H,1-2,5-6,30H2,(H2,31,37)(H2,33,34,35)/t21-,22?/m0/s1. The summed E-state index contributed by atoms with van der Waals surface area (Å²) in [5.41, 5.74) is 12.7. The van der Waals surface area contributed by atoms with Crippen LogP contribution < -0.4 is 26.8 Å². The second kappa shape index (κ2) is 11.2. The van der Waals surface area contributed by atoms with Gasteiger partial charge in [0.05, 0.1) is 33.5 Å². The van der Waals surface area contributed by atoms with E-state index in [1.54, 1.807) is 24.3 Å². The first-order valence-corrected chi connectivity index (χ1v) is 14.4. The SMILES string of the molecule is NC(=O)c1cc(F)c(NC2CCCC[C@@H]2N)nc1Nc1cnc2c(NS(=O)(=O)c3ccc(Cl)cc3)cccc2c1. The van der Waals surface area contributed by atoms with Crippen molar-refractivity contribution in [1.82, 2.24) is 9.97 Å². The zero-order valence-corrected chi connectivity index (χ0v) is 22.8. The number of amides is 1. The third kappa shape index (κ3) is 5.93. The van der Waals surface area contributed by atoms with Gasteiger partial charge in [0.2, 0.25) is 0 Å². The number of rotatable bonds is 8. The van der Waals surface area contributed by atoms with E-state index in [2.05, 4.69) is 25.3 Å². The number of aromatic nitrogens is 2. The van der Waals surface area contributed by atoms with E-state index in [1.165, 1.54) is 30.5 Å². The van der Waals surface area contributed by atoms with Crippen molar-refractivity contribution in [1.29, 1.82) is 0 Å². The van der Waals surface area contributed by atoms with Crippen molar-refractivity contribution in [2.24, 2.45) is 11.5 Å². The van der Waals surface area contributed by atoms with Crippen molar-refractivity contribution >= 4 is 61.4 Å². The van der Waals surface area contributed by atoms with Crippen LogP contribution in [0.25, 0.3) is 10.9 Å². The van der Waals surface area contributed by atoms with E-state index < -0.39 is 21.7 Å². The minimum Gasteiger partial charge on any atom is -0.365 e. The number of anilines is 4. The molecule has 13 heteroatoms. The molecule has 2 heterocycles.